The van der Waals surface area contributed by atoms with Crippen LogP contribution in [0.25, 0.3) is 0 Å². The van der Waals surface area contributed by atoms with E-state index in [0.29, 0.717) is 17.8 Å². The smallest absolute Gasteiger partial charge is 0.319 e. The van der Waals surface area contributed by atoms with Crippen LogP contribution in [0.5, 0.6) is 0 Å². The van der Waals surface area contributed by atoms with Crippen LogP contribution < -0.4 is 10.6 Å². The molecule has 3 amide bonds. The largest absolute Gasteiger partial charge is 0.345 e. The molecule has 2 rings (SSSR count). The Kier molecular flexibility index (Phi) is 5.14. The van der Waals surface area contributed by atoms with E-state index in [4.69, 9.17) is 0 Å². The molecule has 2 aromatic rings. The van der Waals surface area contributed by atoms with Gasteiger partial charge in [0.15, 0.2) is 0 Å². The van der Waals surface area contributed by atoms with Crippen LogP contribution in [-0.2, 0) is 6.54 Å². The summed E-state index contributed by atoms with van der Waals surface area (Å²) in [6.45, 7) is 0.447. The Morgan fingerprint density at radius 1 is 1.00 bits per heavy atom. The Morgan fingerprint density at radius 3 is 2.41 bits per heavy atom. The van der Waals surface area contributed by atoms with Crippen molar-refractivity contribution in [3.05, 3.63) is 65.7 Å². The summed E-state index contributed by atoms with van der Waals surface area (Å²) in [5, 5.41) is 5.50. The van der Waals surface area contributed by atoms with Gasteiger partial charge in [-0.3, -0.25) is 4.79 Å². The van der Waals surface area contributed by atoms with Crippen molar-refractivity contribution in [1.82, 2.24) is 10.2 Å². The van der Waals surface area contributed by atoms with Gasteiger partial charge >= 0.3 is 6.03 Å². The summed E-state index contributed by atoms with van der Waals surface area (Å²) in [6, 6.07) is 16.2. The molecular weight excluding hydrogens is 278 g/mol. The molecule has 114 valence electrons. The molecule has 2 N–H and O–H groups in total. The number of nitrogens with one attached hydrogen (secondary N) is 2. The third-order valence-electron chi connectivity index (χ3n) is 3.07. The minimum Gasteiger partial charge on any atom is -0.345 e. The van der Waals surface area contributed by atoms with Crippen molar-refractivity contribution < 1.29 is 9.59 Å². The topological polar surface area (TPSA) is 61.4 Å². The van der Waals surface area contributed by atoms with Gasteiger partial charge in [-0.05, 0) is 23.8 Å². The van der Waals surface area contributed by atoms with Crippen LogP contribution >= 0.6 is 0 Å². The number of hydrogen-bond donors (Lipinski definition) is 2. The second-order valence-electron chi connectivity index (χ2n) is 5.07. The molecule has 0 aliphatic carbocycles. The Morgan fingerprint density at radius 2 is 1.73 bits per heavy atom. The van der Waals surface area contributed by atoms with Crippen LogP contribution in [0, 0.1) is 0 Å². The molecule has 5 nitrogen and oxygen atoms in total. The molecular formula is C17H19N3O2. The first-order chi connectivity index (χ1) is 10.6. The number of benzene rings is 2. The Balaban J connectivity index is 1.94. The number of amides is 3. The van der Waals surface area contributed by atoms with Crippen molar-refractivity contribution in [1.29, 1.82) is 0 Å². The summed E-state index contributed by atoms with van der Waals surface area (Å²) >= 11 is 0. The molecule has 0 saturated carbocycles. The first kappa shape index (κ1) is 15.6. The van der Waals surface area contributed by atoms with Crippen LogP contribution in [0.4, 0.5) is 10.5 Å². The Hall–Kier alpha value is -2.82. The van der Waals surface area contributed by atoms with Crippen molar-refractivity contribution in [3.63, 3.8) is 0 Å². The van der Waals surface area contributed by atoms with Crippen LogP contribution in [0.3, 0.4) is 0 Å². The number of anilines is 1. The van der Waals surface area contributed by atoms with Gasteiger partial charge in [-0.25, -0.2) is 4.79 Å². The highest BCUT2D eigenvalue weighted by Gasteiger charge is 2.09. The molecule has 0 unspecified atom stereocenters. The molecule has 0 aliphatic heterocycles. The number of nitrogens with zero attached hydrogens (tertiary/aromatic N) is 1. The Labute approximate surface area is 129 Å². The fourth-order valence-electron chi connectivity index (χ4n) is 1.94. The van der Waals surface area contributed by atoms with Gasteiger partial charge in [0.05, 0.1) is 0 Å². The lowest BCUT2D eigenvalue weighted by Crippen LogP contribution is -2.28. The average Bonchev–Trinajstić information content (AvgIpc) is 2.53. The summed E-state index contributed by atoms with van der Waals surface area (Å²) in [5.41, 5.74) is 2.14. The van der Waals surface area contributed by atoms with Crippen molar-refractivity contribution in [2.45, 2.75) is 6.54 Å². The van der Waals surface area contributed by atoms with Crippen LogP contribution in [0.15, 0.2) is 54.6 Å². The van der Waals surface area contributed by atoms with E-state index in [2.05, 4.69) is 10.6 Å². The maximum absolute atomic E-state index is 11.9. The third-order valence-corrected chi connectivity index (χ3v) is 3.07. The van der Waals surface area contributed by atoms with E-state index in [-0.39, 0.29) is 11.9 Å². The van der Waals surface area contributed by atoms with Crippen LogP contribution in [0.2, 0.25) is 0 Å². The van der Waals surface area contributed by atoms with Crippen LogP contribution in [0.1, 0.15) is 15.9 Å². The summed E-state index contributed by atoms with van der Waals surface area (Å²) in [6.07, 6.45) is 0. The number of carbonyl (C=O) groups excluding carboxylic acids is 2. The minimum atomic E-state index is -0.307. The Bertz CT molecular complexity index is 654. The maximum atomic E-state index is 11.9. The highest BCUT2D eigenvalue weighted by molar-refractivity contribution is 5.96. The molecule has 0 aliphatic rings. The van der Waals surface area contributed by atoms with Gasteiger partial charge < -0.3 is 15.5 Å². The third kappa shape index (κ3) is 4.34. The first-order valence-corrected chi connectivity index (χ1v) is 6.97. The van der Waals surface area contributed by atoms with E-state index in [9.17, 15) is 9.59 Å². The molecule has 0 radical (unpaired) electrons. The lowest BCUT2D eigenvalue weighted by atomic mass is 10.2. The van der Waals surface area contributed by atoms with E-state index in [1.165, 1.54) is 4.90 Å². The SMILES string of the molecule is CN(C)C(=O)c1cccc(NC(=O)NCc2ccccc2)c1. The van der Waals surface area contributed by atoms with Gasteiger partial charge in [0, 0.05) is 31.9 Å². The zero-order chi connectivity index (χ0) is 15.9. The lowest BCUT2D eigenvalue weighted by Gasteiger charge is -2.12. The average molecular weight is 297 g/mol. The van der Waals surface area contributed by atoms with E-state index < -0.39 is 0 Å². The molecule has 0 fully saturated rings. The zero-order valence-electron chi connectivity index (χ0n) is 12.7. The van der Waals surface area contributed by atoms with E-state index >= 15 is 0 Å². The zero-order valence-corrected chi connectivity index (χ0v) is 12.7. The van der Waals surface area contributed by atoms with Crippen molar-refractivity contribution in [3.8, 4) is 0 Å². The molecule has 0 heterocycles. The highest BCUT2D eigenvalue weighted by Crippen LogP contribution is 2.12. The normalized spacial score (nSPS) is 9.91. The summed E-state index contributed by atoms with van der Waals surface area (Å²) in [4.78, 5) is 25.3. The number of urea groups is 1. The van der Waals surface area contributed by atoms with Crippen molar-refractivity contribution in [2.24, 2.45) is 0 Å². The first-order valence-electron chi connectivity index (χ1n) is 6.97. The summed E-state index contributed by atoms with van der Waals surface area (Å²) < 4.78 is 0. The minimum absolute atomic E-state index is 0.103. The molecule has 0 aromatic heterocycles. The van der Waals surface area contributed by atoms with E-state index in [0.717, 1.165) is 5.56 Å². The van der Waals surface area contributed by atoms with Gasteiger partial charge in [0.2, 0.25) is 0 Å². The quantitative estimate of drug-likeness (QED) is 0.911. The second kappa shape index (κ2) is 7.26. The van der Waals surface area contributed by atoms with Gasteiger partial charge in [0.1, 0.15) is 0 Å². The van der Waals surface area contributed by atoms with Crippen molar-refractivity contribution in [2.75, 3.05) is 19.4 Å². The van der Waals surface area contributed by atoms with Gasteiger partial charge in [-0.15, -0.1) is 0 Å². The predicted molar refractivity (Wildman–Crippen MR) is 86.8 cm³/mol. The van der Waals surface area contributed by atoms with Crippen LogP contribution in [-0.4, -0.2) is 30.9 Å². The molecule has 2 aromatic carbocycles. The van der Waals surface area contributed by atoms with Gasteiger partial charge in [0.25, 0.3) is 5.91 Å². The number of rotatable bonds is 4. The summed E-state index contributed by atoms with van der Waals surface area (Å²) in [5.74, 6) is -0.103. The fraction of sp³-hybridized carbons (Fsp3) is 0.176. The summed E-state index contributed by atoms with van der Waals surface area (Å²) in [7, 11) is 3.38. The fourth-order valence-corrected chi connectivity index (χ4v) is 1.94. The molecule has 0 bridgehead atoms. The number of hydrogen-bond acceptors (Lipinski definition) is 2. The highest BCUT2D eigenvalue weighted by atomic mass is 16.2. The molecule has 22 heavy (non-hydrogen) atoms. The monoisotopic (exact) mass is 297 g/mol. The van der Waals surface area contributed by atoms with Crippen molar-refractivity contribution >= 4 is 17.6 Å². The van der Waals surface area contributed by atoms with E-state index in [1.54, 1.807) is 38.4 Å². The molecule has 5 heteroatoms. The standard InChI is InChI=1S/C17H19N3O2/c1-20(2)16(21)14-9-6-10-15(11-14)19-17(22)18-12-13-7-4-3-5-8-13/h3-11H,12H2,1-2H3,(H2,18,19,22). The lowest BCUT2D eigenvalue weighted by molar-refractivity contribution is 0.0827. The van der Waals surface area contributed by atoms with Gasteiger partial charge in [-0.1, -0.05) is 36.4 Å². The van der Waals surface area contributed by atoms with Gasteiger partial charge in [-0.2, -0.15) is 0 Å². The van der Waals surface area contributed by atoms with E-state index in [1.807, 2.05) is 30.3 Å². The molecule has 0 spiro atoms. The number of carbonyl (C=O) groups is 2. The molecule has 0 saturated heterocycles. The predicted octanol–water partition coefficient (Wildman–Crippen LogP) is 2.71. The molecule has 0 atom stereocenters. The second-order valence-corrected chi connectivity index (χ2v) is 5.07. The maximum Gasteiger partial charge on any atom is 0.319 e.